The molecule has 1 amide bonds. The minimum absolute atomic E-state index is 0.0934. The molecule has 23 heavy (non-hydrogen) atoms. The number of aromatic nitrogens is 1. The molecule has 0 aliphatic rings. The van der Waals surface area contributed by atoms with E-state index in [0.29, 0.717) is 5.69 Å². The number of halogens is 2. The number of carbonyl (C=O) groups is 2. The summed E-state index contributed by atoms with van der Waals surface area (Å²) in [7, 11) is 0. The van der Waals surface area contributed by atoms with Crippen molar-refractivity contribution in [2.75, 3.05) is 11.9 Å². The Kier molecular flexibility index (Phi) is 5.58. The third kappa shape index (κ3) is 4.43. The van der Waals surface area contributed by atoms with Crippen LogP contribution in [0.25, 0.3) is 0 Å². The van der Waals surface area contributed by atoms with E-state index in [1.165, 1.54) is 12.3 Å². The van der Waals surface area contributed by atoms with Gasteiger partial charge < -0.3 is 10.1 Å². The minimum Gasteiger partial charge on any atom is -0.452 e. The molecule has 0 saturated carbocycles. The zero-order valence-corrected chi connectivity index (χ0v) is 14.0. The van der Waals surface area contributed by atoms with E-state index in [4.69, 9.17) is 27.9 Å². The van der Waals surface area contributed by atoms with Gasteiger partial charge in [-0.2, -0.15) is 0 Å². The lowest BCUT2D eigenvalue weighted by Crippen LogP contribution is -2.21. The molecule has 7 heteroatoms. The van der Waals surface area contributed by atoms with Crippen LogP contribution in [0.2, 0.25) is 10.2 Å². The van der Waals surface area contributed by atoms with Crippen LogP contribution < -0.4 is 5.32 Å². The van der Waals surface area contributed by atoms with Gasteiger partial charge >= 0.3 is 5.97 Å². The molecule has 0 unspecified atom stereocenters. The van der Waals surface area contributed by atoms with E-state index in [1.807, 2.05) is 26.0 Å². The molecular weight excluding hydrogens is 339 g/mol. The van der Waals surface area contributed by atoms with Crippen molar-refractivity contribution in [2.24, 2.45) is 0 Å². The molecule has 0 saturated heterocycles. The fourth-order valence-electron chi connectivity index (χ4n) is 1.82. The number of carbonyl (C=O) groups excluding carboxylic acids is 2. The van der Waals surface area contributed by atoms with Crippen LogP contribution >= 0.6 is 23.2 Å². The molecule has 0 aliphatic carbocycles. The quantitative estimate of drug-likeness (QED) is 0.671. The maximum Gasteiger partial charge on any atom is 0.340 e. The minimum atomic E-state index is -0.702. The Morgan fingerprint density at radius 1 is 1.26 bits per heavy atom. The molecule has 0 atom stereocenters. The zero-order chi connectivity index (χ0) is 17.0. The van der Waals surface area contributed by atoms with Gasteiger partial charge in [-0.3, -0.25) is 4.79 Å². The summed E-state index contributed by atoms with van der Waals surface area (Å²) in [5.74, 6) is -1.13. The number of esters is 1. The van der Waals surface area contributed by atoms with E-state index in [2.05, 4.69) is 10.3 Å². The highest BCUT2D eigenvalue weighted by atomic mass is 35.5. The fourth-order valence-corrected chi connectivity index (χ4v) is 2.09. The molecule has 0 bridgehead atoms. The third-order valence-electron chi connectivity index (χ3n) is 3.25. The Hall–Kier alpha value is -2.11. The molecule has 0 radical (unpaired) electrons. The SMILES string of the molecule is Cc1cccc(NC(=O)COC(=O)c2cnc(Cl)c(Cl)c2)c1C. The Morgan fingerprint density at radius 2 is 2.00 bits per heavy atom. The summed E-state index contributed by atoms with van der Waals surface area (Å²) in [6, 6.07) is 6.90. The highest BCUT2D eigenvalue weighted by Crippen LogP contribution is 2.20. The Balaban J connectivity index is 1.94. The largest absolute Gasteiger partial charge is 0.452 e. The number of hydrogen-bond donors (Lipinski definition) is 1. The van der Waals surface area contributed by atoms with Crippen molar-refractivity contribution in [3.05, 3.63) is 57.3 Å². The molecule has 1 aromatic heterocycles. The Bertz CT molecular complexity index is 763. The van der Waals surface area contributed by atoms with Gasteiger partial charge in [0, 0.05) is 11.9 Å². The number of ether oxygens (including phenoxy) is 1. The van der Waals surface area contributed by atoms with Crippen LogP contribution in [-0.4, -0.2) is 23.5 Å². The molecule has 2 rings (SSSR count). The molecular formula is C16H14Cl2N2O3. The third-order valence-corrected chi connectivity index (χ3v) is 3.93. The van der Waals surface area contributed by atoms with E-state index >= 15 is 0 Å². The first-order valence-corrected chi connectivity index (χ1v) is 7.48. The van der Waals surface area contributed by atoms with Crippen LogP contribution in [0.5, 0.6) is 0 Å². The van der Waals surface area contributed by atoms with Crippen molar-refractivity contribution in [3.8, 4) is 0 Å². The number of nitrogens with zero attached hydrogens (tertiary/aromatic N) is 1. The second kappa shape index (κ2) is 7.44. The fraction of sp³-hybridized carbons (Fsp3) is 0.188. The lowest BCUT2D eigenvalue weighted by Gasteiger charge is -2.10. The average molecular weight is 353 g/mol. The van der Waals surface area contributed by atoms with Gasteiger partial charge in [0.05, 0.1) is 10.6 Å². The van der Waals surface area contributed by atoms with Gasteiger partial charge in [0.25, 0.3) is 5.91 Å². The number of pyridine rings is 1. The predicted octanol–water partition coefficient (Wildman–Crippen LogP) is 3.80. The number of aryl methyl sites for hydroxylation is 1. The van der Waals surface area contributed by atoms with Gasteiger partial charge in [-0.25, -0.2) is 9.78 Å². The number of amides is 1. The van der Waals surface area contributed by atoms with Gasteiger partial charge in [-0.05, 0) is 37.1 Å². The first kappa shape index (κ1) is 17.2. The second-order valence-corrected chi connectivity index (χ2v) is 5.63. The molecule has 1 heterocycles. The van der Waals surface area contributed by atoms with Crippen LogP contribution in [0.1, 0.15) is 21.5 Å². The Morgan fingerprint density at radius 3 is 2.70 bits per heavy atom. The summed E-state index contributed by atoms with van der Waals surface area (Å²) in [6.45, 7) is 3.44. The van der Waals surface area contributed by atoms with Gasteiger partial charge in [-0.1, -0.05) is 35.3 Å². The molecule has 1 N–H and O–H groups in total. The van der Waals surface area contributed by atoms with Crippen molar-refractivity contribution >= 4 is 40.8 Å². The predicted molar refractivity (Wildman–Crippen MR) is 89.1 cm³/mol. The molecule has 0 spiro atoms. The zero-order valence-electron chi connectivity index (χ0n) is 12.5. The molecule has 0 fully saturated rings. The average Bonchev–Trinajstić information content (AvgIpc) is 2.52. The first-order chi connectivity index (χ1) is 10.9. The number of benzene rings is 1. The van der Waals surface area contributed by atoms with Crippen LogP contribution in [0, 0.1) is 13.8 Å². The van der Waals surface area contributed by atoms with Crippen LogP contribution in [0.4, 0.5) is 5.69 Å². The van der Waals surface area contributed by atoms with Crippen LogP contribution in [0.15, 0.2) is 30.5 Å². The van der Waals surface area contributed by atoms with Gasteiger partial charge in [-0.15, -0.1) is 0 Å². The highest BCUT2D eigenvalue weighted by Gasteiger charge is 2.13. The number of anilines is 1. The molecule has 5 nitrogen and oxygen atoms in total. The van der Waals surface area contributed by atoms with E-state index < -0.39 is 18.5 Å². The van der Waals surface area contributed by atoms with Gasteiger partial charge in [0.15, 0.2) is 6.61 Å². The van der Waals surface area contributed by atoms with Crippen LogP contribution in [-0.2, 0) is 9.53 Å². The van der Waals surface area contributed by atoms with Crippen molar-refractivity contribution in [3.63, 3.8) is 0 Å². The molecule has 2 aromatic rings. The summed E-state index contributed by atoms with van der Waals surface area (Å²) < 4.78 is 4.93. The van der Waals surface area contributed by atoms with Crippen molar-refractivity contribution in [1.82, 2.24) is 4.98 Å². The summed E-state index contributed by atoms with van der Waals surface area (Å²) in [6.07, 6.45) is 1.24. The monoisotopic (exact) mass is 352 g/mol. The van der Waals surface area contributed by atoms with Gasteiger partial charge in [0.2, 0.25) is 0 Å². The normalized spacial score (nSPS) is 10.3. The van der Waals surface area contributed by atoms with Crippen LogP contribution in [0.3, 0.4) is 0 Å². The van der Waals surface area contributed by atoms with E-state index in [9.17, 15) is 9.59 Å². The molecule has 1 aromatic carbocycles. The Labute approximate surface area is 143 Å². The smallest absolute Gasteiger partial charge is 0.340 e. The van der Waals surface area contributed by atoms with E-state index in [-0.39, 0.29) is 15.7 Å². The summed E-state index contributed by atoms with van der Waals surface area (Å²) in [4.78, 5) is 27.5. The first-order valence-electron chi connectivity index (χ1n) is 6.72. The van der Waals surface area contributed by atoms with Gasteiger partial charge in [0.1, 0.15) is 5.15 Å². The molecule has 0 aliphatic heterocycles. The molecule has 120 valence electrons. The highest BCUT2D eigenvalue weighted by molar-refractivity contribution is 6.41. The lowest BCUT2D eigenvalue weighted by atomic mass is 10.1. The van der Waals surface area contributed by atoms with E-state index in [1.54, 1.807) is 6.07 Å². The summed E-state index contributed by atoms with van der Waals surface area (Å²) >= 11 is 11.5. The topological polar surface area (TPSA) is 68.3 Å². The standard InChI is InChI=1S/C16H14Cl2N2O3/c1-9-4-3-5-13(10(9)2)20-14(21)8-23-16(22)11-6-12(17)15(18)19-7-11/h3-7H,8H2,1-2H3,(H,20,21). The maximum atomic E-state index is 11.9. The summed E-state index contributed by atoms with van der Waals surface area (Å²) in [5.41, 5.74) is 2.82. The van der Waals surface area contributed by atoms with Crippen molar-refractivity contribution < 1.29 is 14.3 Å². The number of rotatable bonds is 4. The summed E-state index contributed by atoms with van der Waals surface area (Å²) in [5, 5.41) is 2.93. The number of nitrogens with one attached hydrogen (secondary N) is 1. The number of hydrogen-bond acceptors (Lipinski definition) is 4. The van der Waals surface area contributed by atoms with Crippen molar-refractivity contribution in [2.45, 2.75) is 13.8 Å². The van der Waals surface area contributed by atoms with Crippen molar-refractivity contribution in [1.29, 1.82) is 0 Å². The lowest BCUT2D eigenvalue weighted by molar-refractivity contribution is -0.119. The second-order valence-electron chi connectivity index (χ2n) is 4.87. The maximum absolute atomic E-state index is 11.9. The van der Waals surface area contributed by atoms with E-state index in [0.717, 1.165) is 11.1 Å².